The van der Waals surface area contributed by atoms with Gasteiger partial charge in [-0.1, -0.05) is 23.2 Å². The summed E-state index contributed by atoms with van der Waals surface area (Å²) in [4.78, 5) is 25.6. The van der Waals surface area contributed by atoms with Gasteiger partial charge in [0.15, 0.2) is 0 Å². The second kappa shape index (κ2) is 8.25. The summed E-state index contributed by atoms with van der Waals surface area (Å²) >= 11 is 11.6. The quantitative estimate of drug-likeness (QED) is 0.731. The lowest BCUT2D eigenvalue weighted by Crippen LogP contribution is -2.52. The van der Waals surface area contributed by atoms with Gasteiger partial charge in [0.25, 0.3) is 0 Å². The molecule has 1 heterocycles. The van der Waals surface area contributed by atoms with Crippen LogP contribution in [0.2, 0.25) is 10.0 Å². The molecule has 1 saturated heterocycles. The van der Waals surface area contributed by atoms with E-state index in [0.29, 0.717) is 11.6 Å². The van der Waals surface area contributed by atoms with E-state index in [4.69, 9.17) is 27.9 Å². The molecule has 10 heteroatoms. The van der Waals surface area contributed by atoms with Gasteiger partial charge in [0.05, 0.1) is 15.6 Å². The number of hydrogen-bond acceptors (Lipinski definition) is 4. The highest BCUT2D eigenvalue weighted by Crippen LogP contribution is 2.23. The molecule has 0 aliphatic carbocycles. The van der Waals surface area contributed by atoms with Crippen molar-refractivity contribution in [3.8, 4) is 0 Å². The average molecular weight is 399 g/mol. The molecule has 2 rings (SSSR count). The molecule has 1 fully saturated rings. The molecule has 0 atom stereocenters. The standard InChI is InChI=1S/C15H15Cl2F3N2O3/c16-11-2-1-10(9-12(11)17)13(23)25-8-7-21-3-5-22(6-4-21)14(24)15(18,19)20/h1-2,9H,3-8H2. The Hall–Kier alpha value is -1.51. The van der Waals surface area contributed by atoms with Crippen molar-refractivity contribution in [3.63, 3.8) is 0 Å². The lowest BCUT2D eigenvalue weighted by atomic mass is 10.2. The molecule has 1 aliphatic rings. The van der Waals surface area contributed by atoms with Crippen LogP contribution in [0.1, 0.15) is 10.4 Å². The van der Waals surface area contributed by atoms with Crippen LogP contribution in [0.25, 0.3) is 0 Å². The Morgan fingerprint density at radius 1 is 1.08 bits per heavy atom. The SMILES string of the molecule is O=C(OCCN1CCN(C(=O)C(F)(F)F)CC1)c1ccc(Cl)c(Cl)c1. The first-order chi connectivity index (χ1) is 11.7. The molecule has 0 unspecified atom stereocenters. The number of esters is 1. The highest BCUT2D eigenvalue weighted by Gasteiger charge is 2.43. The lowest BCUT2D eigenvalue weighted by Gasteiger charge is -2.34. The number of carbonyl (C=O) groups excluding carboxylic acids is 2. The van der Waals surface area contributed by atoms with Crippen molar-refractivity contribution >= 4 is 35.1 Å². The smallest absolute Gasteiger partial charge is 0.461 e. The summed E-state index contributed by atoms with van der Waals surface area (Å²) in [6, 6.07) is 4.36. The zero-order valence-corrected chi connectivity index (χ0v) is 14.5. The second-order valence-corrected chi connectivity index (χ2v) is 6.21. The summed E-state index contributed by atoms with van der Waals surface area (Å²) in [5.74, 6) is -2.39. The Labute approximate surface area is 152 Å². The molecule has 1 aromatic rings. The van der Waals surface area contributed by atoms with E-state index >= 15 is 0 Å². The van der Waals surface area contributed by atoms with Gasteiger partial charge in [-0.15, -0.1) is 0 Å². The van der Waals surface area contributed by atoms with E-state index in [1.54, 1.807) is 0 Å². The Balaban J connectivity index is 1.73. The minimum atomic E-state index is -4.85. The van der Waals surface area contributed by atoms with E-state index in [-0.39, 0.29) is 43.4 Å². The summed E-state index contributed by atoms with van der Waals surface area (Å²) in [6.45, 7) is 0.976. The van der Waals surface area contributed by atoms with Gasteiger partial charge in [0, 0.05) is 32.7 Å². The third-order valence-corrected chi connectivity index (χ3v) is 4.44. The molecule has 1 amide bonds. The number of piperazine rings is 1. The molecule has 0 aromatic heterocycles. The molecular formula is C15H15Cl2F3N2O3. The summed E-state index contributed by atoms with van der Waals surface area (Å²) in [5, 5.41) is 0.561. The maximum Gasteiger partial charge on any atom is 0.471 e. The second-order valence-electron chi connectivity index (χ2n) is 5.40. The highest BCUT2D eigenvalue weighted by atomic mass is 35.5. The first-order valence-electron chi connectivity index (χ1n) is 7.39. The van der Waals surface area contributed by atoms with Crippen molar-refractivity contribution in [1.29, 1.82) is 0 Å². The topological polar surface area (TPSA) is 49.9 Å². The fourth-order valence-corrected chi connectivity index (χ4v) is 2.63. The normalized spacial score (nSPS) is 16.0. The summed E-state index contributed by atoms with van der Waals surface area (Å²) in [5.41, 5.74) is 0.259. The number of carbonyl (C=O) groups is 2. The molecule has 1 aromatic carbocycles. The molecule has 0 radical (unpaired) electrons. The van der Waals surface area contributed by atoms with Gasteiger partial charge in [-0.2, -0.15) is 13.2 Å². The van der Waals surface area contributed by atoms with Crippen LogP contribution in [0, 0.1) is 0 Å². The average Bonchev–Trinajstić information content (AvgIpc) is 2.56. The minimum Gasteiger partial charge on any atom is -0.461 e. The van der Waals surface area contributed by atoms with Crippen molar-refractivity contribution in [1.82, 2.24) is 9.80 Å². The van der Waals surface area contributed by atoms with Crippen LogP contribution in [0.4, 0.5) is 13.2 Å². The number of hydrogen-bond donors (Lipinski definition) is 0. The Kier molecular flexibility index (Phi) is 6.53. The van der Waals surface area contributed by atoms with E-state index in [1.165, 1.54) is 18.2 Å². The maximum absolute atomic E-state index is 12.4. The van der Waals surface area contributed by atoms with Gasteiger partial charge >= 0.3 is 18.1 Å². The van der Waals surface area contributed by atoms with Gasteiger partial charge in [-0.25, -0.2) is 4.79 Å². The van der Waals surface area contributed by atoms with Crippen LogP contribution in [0.3, 0.4) is 0 Å². The van der Waals surface area contributed by atoms with E-state index in [9.17, 15) is 22.8 Å². The van der Waals surface area contributed by atoms with Gasteiger partial charge in [-0.05, 0) is 18.2 Å². The molecular weight excluding hydrogens is 384 g/mol. The Bertz CT molecular complexity index is 647. The van der Waals surface area contributed by atoms with Gasteiger partial charge in [-0.3, -0.25) is 9.69 Å². The van der Waals surface area contributed by atoms with Gasteiger partial charge < -0.3 is 9.64 Å². The number of benzene rings is 1. The third kappa shape index (κ3) is 5.49. The number of ether oxygens (including phenoxy) is 1. The van der Waals surface area contributed by atoms with Gasteiger partial charge in [0.2, 0.25) is 0 Å². The third-order valence-electron chi connectivity index (χ3n) is 3.70. The Morgan fingerprint density at radius 2 is 1.72 bits per heavy atom. The number of halogens is 5. The molecule has 1 aliphatic heterocycles. The number of amides is 1. The number of rotatable bonds is 4. The zero-order valence-electron chi connectivity index (χ0n) is 13.0. The van der Waals surface area contributed by atoms with Crippen LogP contribution in [0.15, 0.2) is 18.2 Å². The highest BCUT2D eigenvalue weighted by molar-refractivity contribution is 6.42. The predicted molar refractivity (Wildman–Crippen MR) is 85.8 cm³/mol. The zero-order chi connectivity index (χ0) is 18.6. The first-order valence-corrected chi connectivity index (χ1v) is 8.14. The molecule has 0 spiro atoms. The van der Waals surface area contributed by atoms with Crippen LogP contribution < -0.4 is 0 Å². The monoisotopic (exact) mass is 398 g/mol. The fraction of sp³-hybridized carbons (Fsp3) is 0.467. The number of alkyl halides is 3. The molecule has 25 heavy (non-hydrogen) atoms. The van der Waals surface area contributed by atoms with Crippen molar-refractivity contribution in [2.75, 3.05) is 39.3 Å². The summed E-state index contributed by atoms with van der Waals surface area (Å²) in [7, 11) is 0. The van der Waals surface area contributed by atoms with Crippen LogP contribution >= 0.6 is 23.2 Å². The van der Waals surface area contributed by atoms with Crippen molar-refractivity contribution in [3.05, 3.63) is 33.8 Å². The van der Waals surface area contributed by atoms with Crippen LogP contribution in [0.5, 0.6) is 0 Å². The Morgan fingerprint density at radius 3 is 2.28 bits per heavy atom. The lowest BCUT2D eigenvalue weighted by molar-refractivity contribution is -0.187. The van der Waals surface area contributed by atoms with Crippen molar-refractivity contribution in [2.45, 2.75) is 6.18 Å². The van der Waals surface area contributed by atoms with Crippen LogP contribution in [-0.4, -0.2) is 67.2 Å². The summed E-state index contributed by atoms with van der Waals surface area (Å²) in [6.07, 6.45) is -4.85. The van der Waals surface area contributed by atoms with Crippen molar-refractivity contribution in [2.24, 2.45) is 0 Å². The van der Waals surface area contributed by atoms with E-state index < -0.39 is 18.1 Å². The molecule has 138 valence electrons. The van der Waals surface area contributed by atoms with Gasteiger partial charge in [0.1, 0.15) is 6.61 Å². The largest absolute Gasteiger partial charge is 0.471 e. The predicted octanol–water partition coefficient (Wildman–Crippen LogP) is 2.86. The van der Waals surface area contributed by atoms with E-state index in [2.05, 4.69) is 0 Å². The maximum atomic E-state index is 12.4. The molecule has 0 N–H and O–H groups in total. The van der Waals surface area contributed by atoms with E-state index in [0.717, 1.165) is 4.90 Å². The van der Waals surface area contributed by atoms with Crippen LogP contribution in [-0.2, 0) is 9.53 Å². The molecule has 0 saturated carbocycles. The minimum absolute atomic E-state index is 0.0148. The summed E-state index contributed by atoms with van der Waals surface area (Å²) < 4.78 is 42.2. The fourth-order valence-electron chi connectivity index (χ4n) is 2.33. The molecule has 5 nitrogen and oxygen atoms in total. The number of nitrogens with zero attached hydrogens (tertiary/aromatic N) is 2. The van der Waals surface area contributed by atoms with E-state index in [1.807, 2.05) is 4.90 Å². The first kappa shape index (κ1) is 19.8. The van der Waals surface area contributed by atoms with Crippen molar-refractivity contribution < 1.29 is 27.5 Å². The molecule has 0 bridgehead atoms.